The molecule has 3 aromatic carbocycles. The van der Waals surface area contributed by atoms with Crippen LogP contribution in [-0.2, 0) is 29.4 Å². The van der Waals surface area contributed by atoms with Crippen LogP contribution < -0.4 is 14.5 Å². The molecule has 0 unspecified atom stereocenters. The van der Waals surface area contributed by atoms with E-state index in [0.717, 1.165) is 42.9 Å². The van der Waals surface area contributed by atoms with Crippen LogP contribution >= 0.6 is 12.4 Å². The quantitative estimate of drug-likeness (QED) is 0.474. The van der Waals surface area contributed by atoms with Gasteiger partial charge in [-0.1, -0.05) is 12.1 Å². The normalized spacial score (nSPS) is 13.8. The van der Waals surface area contributed by atoms with Crippen LogP contribution in [0, 0.1) is 5.82 Å². The number of hydrogen-bond acceptors (Lipinski definition) is 5. The van der Waals surface area contributed by atoms with E-state index >= 15 is 0 Å². The Kier molecular flexibility index (Phi) is 8.87. The summed E-state index contributed by atoms with van der Waals surface area (Å²) < 4.78 is 42.6. The minimum Gasteiger partial charge on any atom is -0.376 e. The van der Waals surface area contributed by atoms with E-state index in [2.05, 4.69) is 22.7 Å². The van der Waals surface area contributed by atoms with E-state index in [0.29, 0.717) is 12.2 Å². The fourth-order valence-corrected chi connectivity index (χ4v) is 5.43. The van der Waals surface area contributed by atoms with Crippen molar-refractivity contribution in [3.63, 3.8) is 0 Å². The molecule has 0 fully saturated rings. The molecule has 0 aliphatic carbocycles. The molecule has 4 rings (SSSR count). The van der Waals surface area contributed by atoms with Crippen LogP contribution in [-0.4, -0.2) is 54.6 Å². The summed E-state index contributed by atoms with van der Waals surface area (Å²) in [5, 5.41) is 0. The molecule has 0 saturated carbocycles. The molecule has 1 aliphatic heterocycles. The highest BCUT2D eigenvalue weighted by atomic mass is 35.5. The van der Waals surface area contributed by atoms with Crippen molar-refractivity contribution in [3.8, 4) is 0 Å². The average Bonchev–Trinajstić information content (AvgIpc) is 3.01. The first kappa shape index (κ1) is 27.8. The van der Waals surface area contributed by atoms with E-state index < -0.39 is 10.0 Å². The Balaban J connectivity index is 0.00000361. The number of hydrogen-bond donors (Lipinski definition) is 1. The third kappa shape index (κ3) is 6.49. The lowest BCUT2D eigenvalue weighted by Gasteiger charge is -2.22. The van der Waals surface area contributed by atoms with Gasteiger partial charge in [0.15, 0.2) is 0 Å². The zero-order chi connectivity index (χ0) is 25.2. The van der Waals surface area contributed by atoms with Gasteiger partial charge in [0.1, 0.15) is 5.82 Å². The topological polar surface area (TPSA) is 55.9 Å². The molecular formula is C27H34ClFN4O2S. The number of rotatable bonds is 7. The maximum Gasteiger partial charge on any atom is 0.261 e. The van der Waals surface area contributed by atoms with Gasteiger partial charge in [-0.15, -0.1) is 12.4 Å². The Labute approximate surface area is 220 Å². The second kappa shape index (κ2) is 11.5. The molecule has 9 heteroatoms. The van der Waals surface area contributed by atoms with Gasteiger partial charge >= 0.3 is 0 Å². The standard InChI is InChI=1S/C27H33FN4O2S.ClH/c1-30(2)27-18-22-14-16-31(3)15-13-21(22)17-26(27)29-35(33,34)25-11-9-24(10-12-25)32(4)19-20-5-7-23(28)8-6-20;/h5-12,17-18,29H,13-16,19H2,1-4H3;1H. The highest BCUT2D eigenvalue weighted by molar-refractivity contribution is 7.92. The monoisotopic (exact) mass is 532 g/mol. The maximum atomic E-state index is 13.3. The molecular weight excluding hydrogens is 499 g/mol. The molecule has 194 valence electrons. The van der Waals surface area contributed by atoms with E-state index in [1.807, 2.05) is 37.0 Å². The molecule has 0 spiro atoms. The molecule has 0 saturated heterocycles. The summed E-state index contributed by atoms with van der Waals surface area (Å²) in [6, 6.07) is 17.3. The molecule has 0 amide bonds. The van der Waals surface area contributed by atoms with Crippen molar-refractivity contribution in [1.82, 2.24) is 4.90 Å². The smallest absolute Gasteiger partial charge is 0.261 e. The second-order valence-corrected chi connectivity index (χ2v) is 11.1. The number of nitrogens with one attached hydrogen (secondary N) is 1. The zero-order valence-electron chi connectivity index (χ0n) is 21.2. The van der Waals surface area contributed by atoms with Gasteiger partial charge < -0.3 is 14.7 Å². The predicted octanol–water partition coefficient (Wildman–Crippen LogP) is 4.78. The van der Waals surface area contributed by atoms with Gasteiger partial charge in [-0.25, -0.2) is 12.8 Å². The number of halogens is 2. The number of benzene rings is 3. The van der Waals surface area contributed by atoms with Gasteiger partial charge in [0.2, 0.25) is 0 Å². The van der Waals surface area contributed by atoms with Crippen molar-refractivity contribution in [1.29, 1.82) is 0 Å². The first-order chi connectivity index (χ1) is 16.6. The van der Waals surface area contributed by atoms with Crippen LogP contribution in [0.2, 0.25) is 0 Å². The van der Waals surface area contributed by atoms with Gasteiger partial charge in [0.05, 0.1) is 16.3 Å². The molecule has 1 aliphatic rings. The molecule has 0 atom stereocenters. The Morgan fingerprint density at radius 2 is 1.50 bits per heavy atom. The molecule has 1 heterocycles. The number of likely N-dealkylation sites (N-methyl/N-ethyl adjacent to an activating group) is 1. The summed E-state index contributed by atoms with van der Waals surface area (Å²) in [5.41, 5.74) is 5.75. The highest BCUT2D eigenvalue weighted by Gasteiger charge is 2.20. The lowest BCUT2D eigenvalue weighted by molar-refractivity contribution is 0.352. The first-order valence-electron chi connectivity index (χ1n) is 11.7. The Morgan fingerprint density at radius 3 is 2.08 bits per heavy atom. The van der Waals surface area contributed by atoms with E-state index in [1.165, 1.54) is 23.3 Å². The summed E-state index contributed by atoms with van der Waals surface area (Å²) in [6.07, 6.45) is 1.84. The minimum absolute atomic E-state index is 0. The summed E-state index contributed by atoms with van der Waals surface area (Å²) >= 11 is 0. The van der Waals surface area contributed by atoms with E-state index in [-0.39, 0.29) is 23.1 Å². The molecule has 1 N–H and O–H groups in total. The van der Waals surface area contributed by atoms with E-state index in [1.54, 1.807) is 36.4 Å². The SMILES string of the molecule is CN1CCc2cc(NS(=O)(=O)c3ccc(N(C)Cc4ccc(F)cc4)cc3)c(N(C)C)cc2CC1.Cl. The van der Waals surface area contributed by atoms with Crippen molar-refractivity contribution < 1.29 is 12.8 Å². The van der Waals surface area contributed by atoms with Crippen LogP contribution in [0.5, 0.6) is 0 Å². The fourth-order valence-electron chi connectivity index (χ4n) is 4.37. The molecule has 6 nitrogen and oxygen atoms in total. The zero-order valence-corrected chi connectivity index (χ0v) is 22.8. The largest absolute Gasteiger partial charge is 0.376 e. The summed E-state index contributed by atoms with van der Waals surface area (Å²) in [5.74, 6) is -0.266. The molecule has 0 radical (unpaired) electrons. The lowest BCUT2D eigenvalue weighted by atomic mass is 10.0. The van der Waals surface area contributed by atoms with Crippen molar-refractivity contribution in [3.05, 3.63) is 83.2 Å². The van der Waals surface area contributed by atoms with Gasteiger partial charge in [-0.2, -0.15) is 0 Å². The second-order valence-electron chi connectivity index (χ2n) is 9.42. The Morgan fingerprint density at radius 1 is 0.917 bits per heavy atom. The van der Waals surface area contributed by atoms with Gasteiger partial charge in [0, 0.05) is 46.5 Å². The molecule has 3 aromatic rings. The fraction of sp³-hybridized carbons (Fsp3) is 0.333. The number of sulfonamides is 1. The summed E-state index contributed by atoms with van der Waals surface area (Å²) in [7, 11) is 4.11. The van der Waals surface area contributed by atoms with Crippen LogP contribution in [0.1, 0.15) is 16.7 Å². The van der Waals surface area contributed by atoms with E-state index in [4.69, 9.17) is 0 Å². The van der Waals surface area contributed by atoms with Crippen LogP contribution in [0.4, 0.5) is 21.5 Å². The summed E-state index contributed by atoms with van der Waals surface area (Å²) in [6.45, 7) is 2.53. The van der Waals surface area contributed by atoms with E-state index in [9.17, 15) is 12.8 Å². The third-order valence-corrected chi connectivity index (χ3v) is 7.87. The number of fused-ring (bicyclic) bond motifs is 1. The number of nitrogens with zero attached hydrogens (tertiary/aromatic N) is 3. The van der Waals surface area contributed by atoms with Crippen molar-refractivity contribution in [2.75, 3.05) is 55.8 Å². The number of anilines is 3. The van der Waals surface area contributed by atoms with Crippen LogP contribution in [0.25, 0.3) is 0 Å². The minimum atomic E-state index is -3.77. The third-order valence-electron chi connectivity index (χ3n) is 6.49. The van der Waals surface area contributed by atoms with Gasteiger partial charge in [-0.3, -0.25) is 4.72 Å². The van der Waals surface area contributed by atoms with Crippen molar-refractivity contribution in [2.24, 2.45) is 0 Å². The highest BCUT2D eigenvalue weighted by Crippen LogP contribution is 2.32. The first-order valence-corrected chi connectivity index (χ1v) is 13.2. The molecule has 0 aromatic heterocycles. The molecule has 0 bridgehead atoms. The van der Waals surface area contributed by atoms with Crippen molar-refractivity contribution >= 4 is 39.5 Å². The van der Waals surface area contributed by atoms with Crippen LogP contribution in [0.15, 0.2) is 65.6 Å². The van der Waals surface area contributed by atoms with Gasteiger partial charge in [0.25, 0.3) is 10.0 Å². The van der Waals surface area contributed by atoms with Crippen molar-refractivity contribution in [2.45, 2.75) is 24.3 Å². The predicted molar refractivity (Wildman–Crippen MR) is 149 cm³/mol. The Bertz CT molecular complexity index is 1280. The summed E-state index contributed by atoms with van der Waals surface area (Å²) in [4.78, 5) is 6.44. The average molecular weight is 533 g/mol. The molecule has 36 heavy (non-hydrogen) atoms. The maximum absolute atomic E-state index is 13.3. The lowest BCUT2D eigenvalue weighted by Crippen LogP contribution is -2.20. The Hall–Kier alpha value is -2.81. The van der Waals surface area contributed by atoms with Crippen LogP contribution in [0.3, 0.4) is 0 Å². The van der Waals surface area contributed by atoms with Gasteiger partial charge in [-0.05, 0) is 85.1 Å².